The van der Waals surface area contributed by atoms with E-state index in [4.69, 9.17) is 4.74 Å². The lowest BCUT2D eigenvalue weighted by molar-refractivity contribution is 0.190. The summed E-state index contributed by atoms with van der Waals surface area (Å²) < 4.78 is 5.15. The Bertz CT molecular complexity index is 64.1. The highest BCUT2D eigenvalue weighted by molar-refractivity contribution is 5.85. The Kier molecular flexibility index (Phi) is 5.15. The van der Waals surface area contributed by atoms with E-state index in [1.54, 1.807) is 0 Å². The number of rotatable bonds is 2. The first-order valence-corrected chi connectivity index (χ1v) is 3.24. The molecule has 0 bridgehead atoms. The standard InChI is InChI=1S/C6H13NO.ClH/c1-2-7-6-3-4-8-5-6;/h6-7H,2-5H2,1H3;1H. The van der Waals surface area contributed by atoms with Crippen molar-refractivity contribution in [2.75, 3.05) is 19.8 Å². The minimum atomic E-state index is 0. The van der Waals surface area contributed by atoms with Crippen molar-refractivity contribution in [2.24, 2.45) is 0 Å². The lowest BCUT2D eigenvalue weighted by Crippen LogP contribution is -2.28. The summed E-state index contributed by atoms with van der Waals surface area (Å²) in [7, 11) is 0. The second kappa shape index (κ2) is 5.03. The summed E-state index contributed by atoms with van der Waals surface area (Å²) in [5.74, 6) is 0. The van der Waals surface area contributed by atoms with Crippen LogP contribution in [0.25, 0.3) is 0 Å². The van der Waals surface area contributed by atoms with E-state index in [9.17, 15) is 0 Å². The van der Waals surface area contributed by atoms with Gasteiger partial charge in [-0.3, -0.25) is 0 Å². The molecule has 56 valence electrons. The summed E-state index contributed by atoms with van der Waals surface area (Å²) in [5, 5.41) is 3.32. The van der Waals surface area contributed by atoms with Crippen molar-refractivity contribution in [3.8, 4) is 0 Å². The molecule has 1 N–H and O–H groups in total. The molecule has 0 radical (unpaired) electrons. The summed E-state index contributed by atoms with van der Waals surface area (Å²) in [6, 6.07) is 0.639. The van der Waals surface area contributed by atoms with Gasteiger partial charge >= 0.3 is 0 Å². The summed E-state index contributed by atoms with van der Waals surface area (Å²) in [5.41, 5.74) is 0. The third kappa shape index (κ3) is 3.04. The number of hydrogen-bond donors (Lipinski definition) is 1. The van der Waals surface area contributed by atoms with Crippen molar-refractivity contribution >= 4 is 12.4 Å². The van der Waals surface area contributed by atoms with Gasteiger partial charge in [-0.2, -0.15) is 0 Å². The molecule has 1 aliphatic heterocycles. The van der Waals surface area contributed by atoms with E-state index in [-0.39, 0.29) is 12.4 Å². The van der Waals surface area contributed by atoms with Gasteiger partial charge in [0, 0.05) is 12.6 Å². The molecule has 3 heteroatoms. The fourth-order valence-corrected chi connectivity index (χ4v) is 0.984. The van der Waals surface area contributed by atoms with Crippen LogP contribution in [0.4, 0.5) is 0 Å². The number of nitrogens with one attached hydrogen (secondary N) is 1. The quantitative estimate of drug-likeness (QED) is 0.631. The average Bonchev–Trinajstić information content (AvgIpc) is 2.19. The molecule has 1 atom stereocenters. The van der Waals surface area contributed by atoms with Crippen LogP contribution in [0.3, 0.4) is 0 Å². The smallest absolute Gasteiger partial charge is 0.0620 e. The van der Waals surface area contributed by atoms with Crippen molar-refractivity contribution in [2.45, 2.75) is 19.4 Å². The topological polar surface area (TPSA) is 21.3 Å². The maximum Gasteiger partial charge on any atom is 0.0620 e. The van der Waals surface area contributed by atoms with Gasteiger partial charge in [-0.1, -0.05) is 6.92 Å². The number of likely N-dealkylation sites (N-methyl/N-ethyl adjacent to an activating group) is 1. The molecule has 9 heavy (non-hydrogen) atoms. The molecular weight excluding hydrogens is 138 g/mol. The molecule has 0 aliphatic carbocycles. The second-order valence-corrected chi connectivity index (χ2v) is 2.12. The molecule has 1 unspecified atom stereocenters. The molecule has 2 nitrogen and oxygen atoms in total. The van der Waals surface area contributed by atoms with Gasteiger partial charge in [0.2, 0.25) is 0 Å². The Labute approximate surface area is 62.4 Å². The van der Waals surface area contributed by atoms with Crippen molar-refractivity contribution in [3.63, 3.8) is 0 Å². The van der Waals surface area contributed by atoms with Gasteiger partial charge in [0.05, 0.1) is 6.61 Å². The van der Waals surface area contributed by atoms with Crippen LogP contribution in [0.15, 0.2) is 0 Å². The van der Waals surface area contributed by atoms with E-state index < -0.39 is 0 Å². The van der Waals surface area contributed by atoms with Crippen LogP contribution in [0.2, 0.25) is 0 Å². The monoisotopic (exact) mass is 151 g/mol. The van der Waals surface area contributed by atoms with E-state index in [2.05, 4.69) is 12.2 Å². The first kappa shape index (κ1) is 9.21. The molecule has 0 amide bonds. The third-order valence-corrected chi connectivity index (χ3v) is 1.42. The highest BCUT2D eigenvalue weighted by atomic mass is 35.5. The van der Waals surface area contributed by atoms with Crippen LogP contribution >= 0.6 is 12.4 Å². The second-order valence-electron chi connectivity index (χ2n) is 2.12. The molecule has 0 aromatic rings. The molecule has 1 fully saturated rings. The van der Waals surface area contributed by atoms with Gasteiger partial charge in [-0.25, -0.2) is 0 Å². The van der Waals surface area contributed by atoms with Crippen LogP contribution in [0, 0.1) is 0 Å². The molecule has 0 saturated carbocycles. The highest BCUT2D eigenvalue weighted by Crippen LogP contribution is 2.01. The largest absolute Gasteiger partial charge is 0.380 e. The Morgan fingerprint density at radius 3 is 2.89 bits per heavy atom. The zero-order valence-electron chi connectivity index (χ0n) is 5.72. The SMILES string of the molecule is CCNC1CCOC1.Cl. The summed E-state index contributed by atoms with van der Waals surface area (Å²) in [6.07, 6.45) is 1.19. The number of hydrogen-bond acceptors (Lipinski definition) is 2. The van der Waals surface area contributed by atoms with E-state index in [0.717, 1.165) is 19.8 Å². The van der Waals surface area contributed by atoms with Crippen LogP contribution in [0.1, 0.15) is 13.3 Å². The van der Waals surface area contributed by atoms with E-state index in [1.165, 1.54) is 6.42 Å². The maximum absolute atomic E-state index is 5.15. The van der Waals surface area contributed by atoms with E-state index in [0.29, 0.717) is 6.04 Å². The molecule has 1 aliphatic rings. The molecule has 1 rings (SSSR count). The summed E-state index contributed by atoms with van der Waals surface area (Å²) in [6.45, 7) is 5.04. The minimum absolute atomic E-state index is 0. The Balaban J connectivity index is 0.000000640. The lowest BCUT2D eigenvalue weighted by atomic mass is 10.3. The van der Waals surface area contributed by atoms with Gasteiger partial charge in [0.25, 0.3) is 0 Å². The Morgan fingerprint density at radius 2 is 2.44 bits per heavy atom. The van der Waals surface area contributed by atoms with Crippen LogP contribution in [-0.4, -0.2) is 25.8 Å². The van der Waals surface area contributed by atoms with Crippen LogP contribution in [0.5, 0.6) is 0 Å². The Hall–Kier alpha value is 0.210. The molecule has 1 heterocycles. The van der Waals surface area contributed by atoms with E-state index >= 15 is 0 Å². The predicted molar refractivity (Wildman–Crippen MR) is 40.1 cm³/mol. The maximum atomic E-state index is 5.15. The molecule has 0 spiro atoms. The Morgan fingerprint density at radius 1 is 1.67 bits per heavy atom. The fourth-order valence-electron chi connectivity index (χ4n) is 0.984. The van der Waals surface area contributed by atoms with Crippen molar-refractivity contribution in [1.82, 2.24) is 5.32 Å². The molecule has 0 aromatic carbocycles. The first-order valence-electron chi connectivity index (χ1n) is 3.24. The van der Waals surface area contributed by atoms with Crippen molar-refractivity contribution in [1.29, 1.82) is 0 Å². The third-order valence-electron chi connectivity index (χ3n) is 1.42. The summed E-state index contributed by atoms with van der Waals surface area (Å²) >= 11 is 0. The average molecular weight is 152 g/mol. The predicted octanol–water partition coefficient (Wildman–Crippen LogP) is 0.807. The van der Waals surface area contributed by atoms with Gasteiger partial charge in [0.15, 0.2) is 0 Å². The van der Waals surface area contributed by atoms with Crippen LogP contribution < -0.4 is 5.32 Å². The normalized spacial score (nSPS) is 25.7. The fraction of sp³-hybridized carbons (Fsp3) is 1.00. The highest BCUT2D eigenvalue weighted by Gasteiger charge is 2.12. The lowest BCUT2D eigenvalue weighted by Gasteiger charge is -2.05. The van der Waals surface area contributed by atoms with Crippen molar-refractivity contribution in [3.05, 3.63) is 0 Å². The van der Waals surface area contributed by atoms with Gasteiger partial charge in [0.1, 0.15) is 0 Å². The minimum Gasteiger partial charge on any atom is -0.380 e. The van der Waals surface area contributed by atoms with Gasteiger partial charge in [-0.05, 0) is 13.0 Å². The van der Waals surface area contributed by atoms with Gasteiger partial charge in [-0.15, -0.1) is 12.4 Å². The number of halogens is 1. The van der Waals surface area contributed by atoms with Gasteiger partial charge < -0.3 is 10.1 Å². The zero-order chi connectivity index (χ0) is 5.82. The van der Waals surface area contributed by atoms with E-state index in [1.807, 2.05) is 0 Å². The summed E-state index contributed by atoms with van der Waals surface area (Å²) in [4.78, 5) is 0. The molecule has 0 aromatic heterocycles. The number of ether oxygens (including phenoxy) is 1. The molecular formula is C6H14ClNO. The zero-order valence-corrected chi connectivity index (χ0v) is 6.54. The molecule has 1 saturated heterocycles. The van der Waals surface area contributed by atoms with Crippen molar-refractivity contribution < 1.29 is 4.74 Å². The first-order chi connectivity index (χ1) is 3.93. The van der Waals surface area contributed by atoms with Crippen LogP contribution in [-0.2, 0) is 4.74 Å².